The maximum absolute atomic E-state index is 11.2. The summed E-state index contributed by atoms with van der Waals surface area (Å²) in [6.45, 7) is 3.50. The normalized spacial score (nSPS) is 19.0. The minimum Gasteiger partial charge on any atom is -0.348 e. The molecule has 74 valence electrons. The summed E-state index contributed by atoms with van der Waals surface area (Å²) in [6, 6.07) is 0. The lowest BCUT2D eigenvalue weighted by Crippen LogP contribution is -1.99. The smallest absolute Gasteiger partial charge is 0.156 e. The third kappa shape index (κ3) is 2.23. The summed E-state index contributed by atoms with van der Waals surface area (Å²) < 4.78 is 9.81. The van der Waals surface area contributed by atoms with Gasteiger partial charge in [0.25, 0.3) is 0 Å². The number of Topliss-reactive ketones (excluding diaryl/α,β-unsaturated/α-hetero) is 1. The van der Waals surface area contributed by atoms with Gasteiger partial charge in [-0.3, -0.25) is 4.79 Å². The summed E-state index contributed by atoms with van der Waals surface area (Å²) in [5, 5.41) is 0. The molecular formula is C10H16O2S. The van der Waals surface area contributed by atoms with E-state index in [9.17, 15) is 9.35 Å². The Labute approximate surface area is 80.9 Å². The maximum Gasteiger partial charge on any atom is 0.156 e. The molecule has 0 heterocycles. The van der Waals surface area contributed by atoms with Gasteiger partial charge in [-0.25, -0.2) is 0 Å². The van der Waals surface area contributed by atoms with Crippen molar-refractivity contribution in [2.45, 2.75) is 20.3 Å². The van der Waals surface area contributed by atoms with Crippen LogP contribution in [0.25, 0.3) is 0 Å². The van der Waals surface area contributed by atoms with Gasteiger partial charge in [0.15, 0.2) is 5.78 Å². The molecule has 0 atom stereocenters. The van der Waals surface area contributed by atoms with E-state index in [1.165, 1.54) is 0 Å². The predicted molar refractivity (Wildman–Crippen MR) is 58.1 cm³/mol. The van der Waals surface area contributed by atoms with Crippen molar-refractivity contribution in [2.24, 2.45) is 0 Å². The highest BCUT2D eigenvalue weighted by Crippen LogP contribution is 2.50. The van der Waals surface area contributed by atoms with Crippen molar-refractivity contribution in [1.82, 2.24) is 0 Å². The minimum absolute atomic E-state index is 0.118. The molecule has 0 saturated carbocycles. The first-order chi connectivity index (χ1) is 5.82. The van der Waals surface area contributed by atoms with Crippen molar-refractivity contribution < 1.29 is 9.35 Å². The van der Waals surface area contributed by atoms with Crippen LogP contribution in [0.5, 0.6) is 0 Å². The summed E-state index contributed by atoms with van der Waals surface area (Å²) in [5.74, 6) is 0.118. The van der Waals surface area contributed by atoms with E-state index in [1.54, 1.807) is 6.92 Å². The SMILES string of the molecule is CC(=O)C1=C(C)C=C(S(C)(C)O)C1. The van der Waals surface area contributed by atoms with Crippen LogP contribution in [-0.2, 0) is 4.79 Å². The van der Waals surface area contributed by atoms with E-state index in [1.807, 2.05) is 25.5 Å². The third-order valence-electron chi connectivity index (χ3n) is 2.27. The van der Waals surface area contributed by atoms with E-state index >= 15 is 0 Å². The van der Waals surface area contributed by atoms with Gasteiger partial charge in [-0.1, -0.05) is 0 Å². The molecule has 0 spiro atoms. The number of carbonyl (C=O) groups excluding carboxylic acids is 1. The Morgan fingerprint density at radius 3 is 2.31 bits per heavy atom. The predicted octanol–water partition coefficient (Wildman–Crippen LogP) is 2.72. The van der Waals surface area contributed by atoms with Crippen LogP contribution in [0, 0.1) is 0 Å². The number of hydrogen-bond donors (Lipinski definition) is 1. The molecule has 1 aliphatic carbocycles. The second-order valence-electron chi connectivity index (χ2n) is 3.78. The summed E-state index contributed by atoms with van der Waals surface area (Å²) in [7, 11) is -1.63. The Balaban J connectivity index is 2.88. The lowest BCUT2D eigenvalue weighted by Gasteiger charge is -2.25. The first-order valence-electron chi connectivity index (χ1n) is 4.19. The van der Waals surface area contributed by atoms with Gasteiger partial charge < -0.3 is 4.55 Å². The number of allylic oxidation sites excluding steroid dienone is 4. The number of carbonyl (C=O) groups is 1. The first-order valence-corrected chi connectivity index (χ1v) is 6.60. The van der Waals surface area contributed by atoms with Gasteiger partial charge in [-0.05, 0) is 42.9 Å². The first kappa shape index (κ1) is 10.5. The van der Waals surface area contributed by atoms with Gasteiger partial charge in [-0.15, -0.1) is 10.3 Å². The van der Waals surface area contributed by atoms with Crippen LogP contribution < -0.4 is 0 Å². The van der Waals surface area contributed by atoms with Gasteiger partial charge in [-0.2, -0.15) is 0 Å². The van der Waals surface area contributed by atoms with Crippen molar-refractivity contribution in [3.8, 4) is 0 Å². The highest BCUT2D eigenvalue weighted by molar-refractivity contribution is 8.31. The topological polar surface area (TPSA) is 37.3 Å². The largest absolute Gasteiger partial charge is 0.348 e. The minimum atomic E-state index is -1.63. The fraction of sp³-hybridized carbons (Fsp3) is 0.500. The van der Waals surface area contributed by atoms with Gasteiger partial charge in [0.1, 0.15) is 0 Å². The average Bonchev–Trinajstić information content (AvgIpc) is 2.29. The molecule has 0 aromatic rings. The molecular weight excluding hydrogens is 184 g/mol. The highest BCUT2D eigenvalue weighted by atomic mass is 32.3. The molecule has 3 heteroatoms. The highest BCUT2D eigenvalue weighted by Gasteiger charge is 2.23. The molecule has 1 rings (SSSR count). The Bertz CT molecular complexity index is 305. The molecule has 1 aliphatic rings. The molecule has 0 fully saturated rings. The summed E-state index contributed by atoms with van der Waals surface area (Å²) in [6.07, 6.45) is 6.25. The Morgan fingerprint density at radius 2 is 2.08 bits per heavy atom. The second-order valence-corrected chi connectivity index (χ2v) is 6.85. The van der Waals surface area contributed by atoms with Crippen molar-refractivity contribution in [2.75, 3.05) is 12.5 Å². The van der Waals surface area contributed by atoms with Crippen LogP contribution in [0.1, 0.15) is 20.3 Å². The van der Waals surface area contributed by atoms with Crippen molar-refractivity contribution >= 4 is 16.1 Å². The maximum atomic E-state index is 11.2. The number of ketones is 1. The molecule has 1 N–H and O–H groups in total. The molecule has 0 aromatic carbocycles. The van der Waals surface area contributed by atoms with Gasteiger partial charge in [0, 0.05) is 12.0 Å². The van der Waals surface area contributed by atoms with E-state index in [0.717, 1.165) is 16.1 Å². The zero-order chi connectivity index (χ0) is 10.2. The molecule has 0 saturated heterocycles. The summed E-state index contributed by atoms with van der Waals surface area (Å²) >= 11 is 0. The van der Waals surface area contributed by atoms with E-state index in [2.05, 4.69) is 0 Å². The zero-order valence-electron chi connectivity index (χ0n) is 8.55. The van der Waals surface area contributed by atoms with Gasteiger partial charge in [0.05, 0.1) is 0 Å². The van der Waals surface area contributed by atoms with E-state index in [-0.39, 0.29) is 5.78 Å². The van der Waals surface area contributed by atoms with E-state index in [0.29, 0.717) is 6.42 Å². The fourth-order valence-electron chi connectivity index (χ4n) is 1.42. The van der Waals surface area contributed by atoms with Crippen molar-refractivity contribution in [3.05, 3.63) is 22.1 Å². The van der Waals surface area contributed by atoms with E-state index in [4.69, 9.17) is 0 Å². The summed E-state index contributed by atoms with van der Waals surface area (Å²) in [4.78, 5) is 12.2. The lowest BCUT2D eigenvalue weighted by molar-refractivity contribution is -0.113. The van der Waals surface area contributed by atoms with Crippen molar-refractivity contribution in [3.63, 3.8) is 0 Å². The summed E-state index contributed by atoms with van der Waals surface area (Å²) in [5.41, 5.74) is 1.86. The standard InChI is InChI=1S/C10H16O2S/c1-7-5-9(13(3,4)12)6-10(7)8(2)11/h5,12H,6H2,1-4H3. The Hall–Kier alpha value is -0.540. The zero-order valence-corrected chi connectivity index (χ0v) is 9.36. The molecule has 0 bridgehead atoms. The monoisotopic (exact) mass is 200 g/mol. The van der Waals surface area contributed by atoms with Crippen LogP contribution in [0.15, 0.2) is 22.1 Å². The molecule has 0 aromatic heterocycles. The third-order valence-corrected chi connectivity index (χ3v) is 3.82. The Morgan fingerprint density at radius 1 is 1.54 bits per heavy atom. The van der Waals surface area contributed by atoms with Crippen LogP contribution in [0.3, 0.4) is 0 Å². The molecule has 0 amide bonds. The van der Waals surface area contributed by atoms with Crippen LogP contribution in [0.2, 0.25) is 0 Å². The molecule has 13 heavy (non-hydrogen) atoms. The Kier molecular flexibility index (Phi) is 2.68. The number of rotatable bonds is 2. The quantitative estimate of drug-likeness (QED) is 0.744. The molecule has 0 radical (unpaired) electrons. The molecule has 2 nitrogen and oxygen atoms in total. The van der Waals surface area contributed by atoms with Gasteiger partial charge >= 0.3 is 0 Å². The molecule has 0 aliphatic heterocycles. The van der Waals surface area contributed by atoms with Crippen molar-refractivity contribution in [1.29, 1.82) is 0 Å². The second kappa shape index (κ2) is 3.31. The van der Waals surface area contributed by atoms with Crippen LogP contribution in [0.4, 0.5) is 0 Å². The van der Waals surface area contributed by atoms with Gasteiger partial charge in [0.2, 0.25) is 0 Å². The fourth-order valence-corrected chi connectivity index (χ4v) is 2.38. The average molecular weight is 200 g/mol. The number of hydrogen-bond acceptors (Lipinski definition) is 2. The lowest BCUT2D eigenvalue weighted by atomic mass is 10.1. The molecule has 0 unspecified atom stereocenters. The van der Waals surface area contributed by atoms with Crippen LogP contribution in [-0.4, -0.2) is 22.8 Å². The van der Waals surface area contributed by atoms with E-state index < -0.39 is 10.3 Å². The van der Waals surface area contributed by atoms with Crippen LogP contribution >= 0.6 is 10.3 Å².